The van der Waals surface area contributed by atoms with Crippen molar-refractivity contribution in [2.45, 2.75) is 109 Å². The lowest BCUT2D eigenvalue weighted by Gasteiger charge is -2.28. The molecule has 0 aromatic carbocycles. The van der Waals surface area contributed by atoms with Crippen molar-refractivity contribution in [3.8, 4) is 0 Å². The summed E-state index contributed by atoms with van der Waals surface area (Å²) in [6.07, 6.45) is 0.311. The van der Waals surface area contributed by atoms with Crippen LogP contribution in [0.3, 0.4) is 0 Å². The van der Waals surface area contributed by atoms with Gasteiger partial charge in [-0.2, -0.15) is 0 Å². The molecular formula is C27H49N7O9. The Morgan fingerprint density at radius 1 is 0.744 bits per heavy atom. The van der Waals surface area contributed by atoms with Crippen molar-refractivity contribution in [1.29, 1.82) is 0 Å². The Labute approximate surface area is 251 Å². The highest BCUT2D eigenvalue weighted by molar-refractivity contribution is 5.96. The van der Waals surface area contributed by atoms with Gasteiger partial charge in [0.25, 0.3) is 0 Å². The van der Waals surface area contributed by atoms with E-state index in [1.807, 2.05) is 26.1 Å². The minimum absolute atomic E-state index is 0.101. The maximum atomic E-state index is 13.4. The van der Waals surface area contributed by atoms with Crippen molar-refractivity contribution >= 4 is 41.5 Å². The fraction of sp³-hybridized carbons (Fsp3) is 0.741. The standard InChI is InChI=1S/C27H49N7O9/c1-5-15(4)22(34-23(38)16(29)12-14(2)3)26(41)32-17(8-6-7-11-28)24(39)31-18(9-10-20(30)35)25(40)33-19(27(42)43)13-21(36)37/h14-19,22H,5-13,28-29H2,1-4H3,(H2,30,35)(H,31,39)(H,32,41)(H,33,40)(H,34,38)(H,36,37)(H,42,43)/t15-,16-,17-,18-,19-,22-/m0/s1. The minimum atomic E-state index is -1.81. The van der Waals surface area contributed by atoms with E-state index < -0.39 is 78.1 Å². The number of amides is 5. The highest BCUT2D eigenvalue weighted by Gasteiger charge is 2.33. The van der Waals surface area contributed by atoms with Gasteiger partial charge in [-0.1, -0.05) is 34.1 Å². The van der Waals surface area contributed by atoms with Crippen LogP contribution >= 0.6 is 0 Å². The Bertz CT molecular complexity index is 976. The van der Waals surface area contributed by atoms with Crippen LogP contribution in [0, 0.1) is 11.8 Å². The van der Waals surface area contributed by atoms with Gasteiger partial charge in [0.15, 0.2) is 0 Å². The number of rotatable bonds is 22. The second-order valence-corrected chi connectivity index (χ2v) is 11.0. The third-order valence-corrected chi connectivity index (χ3v) is 6.74. The highest BCUT2D eigenvalue weighted by atomic mass is 16.4. The summed E-state index contributed by atoms with van der Waals surface area (Å²) in [4.78, 5) is 86.2. The van der Waals surface area contributed by atoms with E-state index in [9.17, 15) is 38.7 Å². The number of unbranched alkanes of at least 4 members (excludes halogenated alkanes) is 1. The van der Waals surface area contributed by atoms with Crippen LogP contribution in [0.1, 0.15) is 79.1 Å². The van der Waals surface area contributed by atoms with E-state index in [-0.39, 0.29) is 31.1 Å². The molecule has 0 rings (SSSR count). The minimum Gasteiger partial charge on any atom is -0.481 e. The van der Waals surface area contributed by atoms with Crippen molar-refractivity contribution in [1.82, 2.24) is 21.3 Å². The van der Waals surface area contributed by atoms with Crippen LogP contribution in [-0.2, 0) is 33.6 Å². The third-order valence-electron chi connectivity index (χ3n) is 6.74. The van der Waals surface area contributed by atoms with Gasteiger partial charge in [-0.25, -0.2) is 4.79 Å². The summed E-state index contributed by atoms with van der Waals surface area (Å²) in [7, 11) is 0. The first-order valence-corrected chi connectivity index (χ1v) is 14.4. The lowest BCUT2D eigenvalue weighted by molar-refractivity contribution is -0.147. The summed E-state index contributed by atoms with van der Waals surface area (Å²) >= 11 is 0. The number of carbonyl (C=O) groups is 7. The van der Waals surface area contributed by atoms with Gasteiger partial charge in [-0.3, -0.25) is 28.8 Å². The zero-order chi connectivity index (χ0) is 33.3. The highest BCUT2D eigenvalue weighted by Crippen LogP contribution is 2.12. The average Bonchev–Trinajstić information content (AvgIpc) is 2.91. The molecule has 5 amide bonds. The Morgan fingerprint density at radius 3 is 1.74 bits per heavy atom. The predicted molar refractivity (Wildman–Crippen MR) is 156 cm³/mol. The van der Waals surface area contributed by atoms with Crippen LogP contribution in [-0.4, -0.2) is 88.4 Å². The van der Waals surface area contributed by atoms with E-state index in [1.165, 1.54) is 0 Å². The zero-order valence-corrected chi connectivity index (χ0v) is 25.4. The largest absolute Gasteiger partial charge is 0.481 e. The van der Waals surface area contributed by atoms with Crippen LogP contribution in [0.25, 0.3) is 0 Å². The monoisotopic (exact) mass is 615 g/mol. The van der Waals surface area contributed by atoms with E-state index in [0.29, 0.717) is 32.2 Å². The van der Waals surface area contributed by atoms with Crippen molar-refractivity contribution in [3.05, 3.63) is 0 Å². The molecule has 0 bridgehead atoms. The molecule has 0 saturated heterocycles. The summed E-state index contributed by atoms with van der Waals surface area (Å²) in [5.41, 5.74) is 16.8. The number of primary amides is 1. The molecule has 0 aromatic heterocycles. The quantitative estimate of drug-likeness (QED) is 0.0618. The molecule has 0 aliphatic rings. The predicted octanol–water partition coefficient (Wildman–Crippen LogP) is -1.70. The van der Waals surface area contributed by atoms with Gasteiger partial charge in [0.1, 0.15) is 24.2 Å². The van der Waals surface area contributed by atoms with Crippen molar-refractivity contribution in [2.24, 2.45) is 29.0 Å². The lowest BCUT2D eigenvalue weighted by Crippen LogP contribution is -2.59. The SMILES string of the molecule is CC[C@H](C)[C@H](NC(=O)[C@@H](N)CC(C)C)C(=O)N[C@@H](CCCCN)C(=O)N[C@@H](CCC(N)=O)C(=O)N[C@@H](CC(=O)O)C(=O)O. The molecule has 0 aliphatic heterocycles. The van der Waals surface area contributed by atoms with Gasteiger partial charge in [-0.15, -0.1) is 0 Å². The first-order valence-electron chi connectivity index (χ1n) is 14.4. The molecule has 0 radical (unpaired) electrons. The smallest absolute Gasteiger partial charge is 0.326 e. The molecule has 0 aromatic rings. The summed E-state index contributed by atoms with van der Waals surface area (Å²) in [6, 6.07) is -6.36. The molecule has 0 saturated carbocycles. The first-order chi connectivity index (χ1) is 20.0. The Morgan fingerprint density at radius 2 is 1.28 bits per heavy atom. The second-order valence-electron chi connectivity index (χ2n) is 11.0. The van der Waals surface area contributed by atoms with Gasteiger partial charge >= 0.3 is 11.9 Å². The van der Waals surface area contributed by atoms with Crippen LogP contribution < -0.4 is 38.5 Å². The van der Waals surface area contributed by atoms with Crippen LogP contribution in [0.4, 0.5) is 0 Å². The van der Waals surface area contributed by atoms with E-state index in [1.54, 1.807) is 6.92 Å². The Kier molecular flexibility index (Phi) is 18.4. The van der Waals surface area contributed by atoms with Gasteiger partial charge in [-0.05, 0) is 50.5 Å². The molecule has 0 unspecified atom stereocenters. The molecule has 16 nitrogen and oxygen atoms in total. The summed E-state index contributed by atoms with van der Waals surface area (Å²) in [6.45, 7) is 7.70. The molecule has 6 atom stereocenters. The molecule has 0 aliphatic carbocycles. The average molecular weight is 616 g/mol. The maximum Gasteiger partial charge on any atom is 0.326 e. The normalized spacial score (nSPS) is 15.2. The van der Waals surface area contributed by atoms with E-state index in [4.69, 9.17) is 22.3 Å². The lowest BCUT2D eigenvalue weighted by atomic mass is 9.96. The molecule has 43 heavy (non-hydrogen) atoms. The van der Waals surface area contributed by atoms with Crippen molar-refractivity contribution in [3.63, 3.8) is 0 Å². The van der Waals surface area contributed by atoms with Crippen LogP contribution in [0.5, 0.6) is 0 Å². The van der Waals surface area contributed by atoms with Gasteiger partial charge in [0.05, 0.1) is 12.5 Å². The number of nitrogens with two attached hydrogens (primary N) is 3. The molecule has 0 fully saturated rings. The molecule has 246 valence electrons. The molecule has 16 heteroatoms. The molecular weight excluding hydrogens is 566 g/mol. The number of carboxylic acid groups (broad SMARTS) is 2. The molecule has 0 spiro atoms. The van der Waals surface area contributed by atoms with Gasteiger partial charge in [0, 0.05) is 6.42 Å². The van der Waals surface area contributed by atoms with Gasteiger partial charge in [0.2, 0.25) is 29.5 Å². The van der Waals surface area contributed by atoms with E-state index >= 15 is 0 Å². The first kappa shape index (κ1) is 39.2. The number of carbonyl (C=O) groups excluding carboxylic acids is 5. The topological polar surface area (TPSA) is 286 Å². The Balaban J connectivity index is 6.01. The summed E-state index contributed by atoms with van der Waals surface area (Å²) < 4.78 is 0. The number of hydrogen-bond acceptors (Lipinski definition) is 9. The van der Waals surface area contributed by atoms with E-state index in [0.717, 1.165) is 0 Å². The zero-order valence-electron chi connectivity index (χ0n) is 25.4. The maximum absolute atomic E-state index is 13.4. The Hall–Kier alpha value is -3.79. The second kappa shape index (κ2) is 20.2. The van der Waals surface area contributed by atoms with Crippen molar-refractivity contribution in [2.75, 3.05) is 6.54 Å². The van der Waals surface area contributed by atoms with E-state index in [2.05, 4.69) is 16.0 Å². The van der Waals surface area contributed by atoms with Gasteiger partial charge < -0.3 is 48.7 Å². The van der Waals surface area contributed by atoms with Crippen LogP contribution in [0.15, 0.2) is 0 Å². The number of aliphatic carboxylic acids is 2. The molecule has 0 heterocycles. The van der Waals surface area contributed by atoms with Crippen LogP contribution in [0.2, 0.25) is 0 Å². The molecule has 12 N–H and O–H groups in total. The number of nitrogens with one attached hydrogen (secondary N) is 4. The fourth-order valence-corrected chi connectivity index (χ4v) is 4.07. The third kappa shape index (κ3) is 15.9. The summed E-state index contributed by atoms with van der Waals surface area (Å²) in [5.74, 6) is -7.15. The number of hydrogen-bond donors (Lipinski definition) is 9. The summed E-state index contributed by atoms with van der Waals surface area (Å²) in [5, 5.41) is 28.0. The van der Waals surface area contributed by atoms with Crippen molar-refractivity contribution < 1.29 is 43.8 Å². The number of carboxylic acids is 2. The fourth-order valence-electron chi connectivity index (χ4n) is 4.07.